The van der Waals surface area contributed by atoms with Gasteiger partial charge in [-0.3, -0.25) is 4.72 Å². The Morgan fingerprint density at radius 2 is 1.61 bits per heavy atom. The standard InChI is InChI=1S/C15H16BrN3O3S/c1-10-9-11(16)3-8-14(10)18-15(20)17-12-4-6-13(7-5-12)19-23(2,21)22/h3-9,19H,1-2H3,(H2,17,18,20). The minimum Gasteiger partial charge on any atom is -0.308 e. The molecule has 0 aliphatic carbocycles. The van der Waals surface area contributed by atoms with Crippen LogP contribution in [0.5, 0.6) is 0 Å². The Balaban J connectivity index is 2.00. The van der Waals surface area contributed by atoms with Gasteiger partial charge >= 0.3 is 6.03 Å². The Morgan fingerprint density at radius 3 is 2.17 bits per heavy atom. The summed E-state index contributed by atoms with van der Waals surface area (Å²) in [6, 6.07) is 11.5. The van der Waals surface area contributed by atoms with Gasteiger partial charge in [-0.15, -0.1) is 0 Å². The van der Waals surface area contributed by atoms with Crippen molar-refractivity contribution in [2.75, 3.05) is 21.6 Å². The predicted octanol–water partition coefficient (Wildman–Crippen LogP) is 3.77. The normalized spacial score (nSPS) is 10.9. The van der Waals surface area contributed by atoms with Crippen molar-refractivity contribution in [3.05, 3.63) is 52.5 Å². The molecular formula is C15H16BrN3O3S. The average molecular weight is 398 g/mol. The monoisotopic (exact) mass is 397 g/mol. The number of carbonyl (C=O) groups excluding carboxylic acids is 1. The summed E-state index contributed by atoms with van der Waals surface area (Å²) in [5, 5.41) is 5.44. The van der Waals surface area contributed by atoms with Crippen LogP contribution < -0.4 is 15.4 Å². The number of nitrogens with one attached hydrogen (secondary N) is 3. The zero-order valence-electron chi connectivity index (χ0n) is 12.6. The van der Waals surface area contributed by atoms with Crippen molar-refractivity contribution in [1.82, 2.24) is 0 Å². The van der Waals surface area contributed by atoms with E-state index in [4.69, 9.17) is 0 Å². The second-order valence-corrected chi connectivity index (χ2v) is 7.65. The van der Waals surface area contributed by atoms with Crippen LogP contribution in [0.4, 0.5) is 21.9 Å². The van der Waals surface area contributed by atoms with Crippen LogP contribution in [0.1, 0.15) is 5.56 Å². The number of sulfonamides is 1. The number of benzene rings is 2. The molecule has 0 bridgehead atoms. The molecule has 0 heterocycles. The van der Waals surface area contributed by atoms with Crippen molar-refractivity contribution in [2.45, 2.75) is 6.92 Å². The molecule has 0 aliphatic rings. The maximum atomic E-state index is 12.0. The molecule has 0 atom stereocenters. The highest BCUT2D eigenvalue weighted by Gasteiger charge is 2.06. The van der Waals surface area contributed by atoms with E-state index in [1.54, 1.807) is 30.3 Å². The van der Waals surface area contributed by atoms with Crippen LogP contribution >= 0.6 is 15.9 Å². The van der Waals surface area contributed by atoms with E-state index in [-0.39, 0.29) is 6.03 Å². The molecule has 2 rings (SSSR count). The maximum absolute atomic E-state index is 12.0. The second-order valence-electron chi connectivity index (χ2n) is 4.99. The van der Waals surface area contributed by atoms with Gasteiger partial charge in [0, 0.05) is 21.5 Å². The lowest BCUT2D eigenvalue weighted by molar-refractivity contribution is 0.262. The molecule has 0 unspecified atom stereocenters. The lowest BCUT2D eigenvalue weighted by Crippen LogP contribution is -2.20. The van der Waals surface area contributed by atoms with Crippen molar-refractivity contribution < 1.29 is 13.2 Å². The van der Waals surface area contributed by atoms with Crippen molar-refractivity contribution in [3.63, 3.8) is 0 Å². The lowest BCUT2D eigenvalue weighted by Gasteiger charge is -2.11. The van der Waals surface area contributed by atoms with Crippen LogP contribution in [0.3, 0.4) is 0 Å². The van der Waals surface area contributed by atoms with Crippen LogP contribution in [-0.4, -0.2) is 20.7 Å². The first-order valence-electron chi connectivity index (χ1n) is 6.65. The molecule has 0 saturated carbocycles. The fourth-order valence-electron chi connectivity index (χ4n) is 1.89. The third-order valence-corrected chi connectivity index (χ3v) is 3.98. The fraction of sp³-hybridized carbons (Fsp3) is 0.133. The first-order valence-corrected chi connectivity index (χ1v) is 9.33. The van der Waals surface area contributed by atoms with Gasteiger partial charge < -0.3 is 10.6 Å². The van der Waals surface area contributed by atoms with E-state index >= 15 is 0 Å². The smallest absolute Gasteiger partial charge is 0.308 e. The highest BCUT2D eigenvalue weighted by Crippen LogP contribution is 2.20. The van der Waals surface area contributed by atoms with E-state index in [9.17, 15) is 13.2 Å². The van der Waals surface area contributed by atoms with Gasteiger partial charge in [-0.25, -0.2) is 13.2 Å². The topological polar surface area (TPSA) is 87.3 Å². The highest BCUT2D eigenvalue weighted by molar-refractivity contribution is 9.10. The van der Waals surface area contributed by atoms with Gasteiger partial charge in [-0.05, 0) is 55.0 Å². The summed E-state index contributed by atoms with van der Waals surface area (Å²) in [4.78, 5) is 12.0. The second kappa shape index (κ2) is 7.01. The molecular weight excluding hydrogens is 382 g/mol. The van der Waals surface area contributed by atoms with Crippen molar-refractivity contribution in [1.29, 1.82) is 0 Å². The van der Waals surface area contributed by atoms with E-state index in [2.05, 4.69) is 31.3 Å². The van der Waals surface area contributed by atoms with Crippen LogP contribution in [-0.2, 0) is 10.0 Å². The molecule has 0 spiro atoms. The Bertz CT molecular complexity index is 820. The third kappa shape index (κ3) is 5.57. The predicted molar refractivity (Wildman–Crippen MR) is 96.4 cm³/mol. The summed E-state index contributed by atoms with van der Waals surface area (Å²) in [5.41, 5.74) is 2.63. The minimum atomic E-state index is -3.32. The molecule has 2 amide bonds. The number of halogens is 1. The molecule has 0 radical (unpaired) electrons. The Kier molecular flexibility index (Phi) is 5.27. The van der Waals surface area contributed by atoms with Gasteiger partial charge in [0.2, 0.25) is 10.0 Å². The molecule has 23 heavy (non-hydrogen) atoms. The first-order chi connectivity index (χ1) is 10.7. The molecule has 2 aromatic rings. The number of rotatable bonds is 4. The lowest BCUT2D eigenvalue weighted by atomic mass is 10.2. The number of amides is 2. The number of urea groups is 1. The van der Waals surface area contributed by atoms with E-state index in [1.165, 1.54) is 0 Å². The van der Waals surface area contributed by atoms with Crippen LogP contribution in [0, 0.1) is 6.92 Å². The Labute approximate surface area is 143 Å². The van der Waals surface area contributed by atoms with Crippen molar-refractivity contribution in [3.8, 4) is 0 Å². The van der Waals surface area contributed by atoms with Crippen LogP contribution in [0.25, 0.3) is 0 Å². The Morgan fingerprint density at radius 1 is 1.00 bits per heavy atom. The van der Waals surface area contributed by atoms with Gasteiger partial charge in [0.05, 0.1) is 6.26 Å². The summed E-state index contributed by atoms with van der Waals surface area (Å²) >= 11 is 3.37. The van der Waals surface area contributed by atoms with Gasteiger partial charge in [0.15, 0.2) is 0 Å². The summed E-state index contributed by atoms with van der Waals surface area (Å²) in [7, 11) is -3.32. The molecule has 0 saturated heterocycles. The number of aryl methyl sites for hydroxylation is 1. The molecule has 6 nitrogen and oxygen atoms in total. The molecule has 8 heteroatoms. The largest absolute Gasteiger partial charge is 0.323 e. The molecule has 122 valence electrons. The first kappa shape index (κ1) is 17.3. The highest BCUT2D eigenvalue weighted by atomic mass is 79.9. The average Bonchev–Trinajstić information content (AvgIpc) is 2.42. The zero-order chi connectivity index (χ0) is 17.0. The number of carbonyl (C=O) groups is 1. The SMILES string of the molecule is Cc1cc(Br)ccc1NC(=O)Nc1ccc(NS(C)(=O)=O)cc1. The van der Waals surface area contributed by atoms with Crippen molar-refractivity contribution in [2.24, 2.45) is 0 Å². The molecule has 3 N–H and O–H groups in total. The van der Waals surface area contributed by atoms with Gasteiger partial charge in [-0.1, -0.05) is 15.9 Å². The van der Waals surface area contributed by atoms with E-state index in [0.717, 1.165) is 16.3 Å². The third-order valence-electron chi connectivity index (χ3n) is 2.88. The van der Waals surface area contributed by atoms with Gasteiger partial charge in [0.1, 0.15) is 0 Å². The molecule has 0 fully saturated rings. The zero-order valence-corrected chi connectivity index (χ0v) is 15.0. The number of hydrogen-bond donors (Lipinski definition) is 3. The number of hydrogen-bond acceptors (Lipinski definition) is 3. The molecule has 0 aromatic heterocycles. The van der Waals surface area contributed by atoms with Crippen LogP contribution in [0.15, 0.2) is 46.9 Å². The summed E-state index contributed by atoms with van der Waals surface area (Å²) in [6.07, 6.45) is 1.08. The van der Waals surface area contributed by atoms with E-state index in [1.807, 2.05) is 19.1 Å². The van der Waals surface area contributed by atoms with Gasteiger partial charge in [-0.2, -0.15) is 0 Å². The minimum absolute atomic E-state index is 0.376. The van der Waals surface area contributed by atoms with Crippen LogP contribution in [0.2, 0.25) is 0 Å². The quantitative estimate of drug-likeness (QED) is 0.733. The fourth-order valence-corrected chi connectivity index (χ4v) is 2.93. The van der Waals surface area contributed by atoms with E-state index < -0.39 is 10.0 Å². The summed E-state index contributed by atoms with van der Waals surface area (Å²) < 4.78 is 25.5. The molecule has 2 aromatic carbocycles. The summed E-state index contributed by atoms with van der Waals surface area (Å²) in [5.74, 6) is 0. The van der Waals surface area contributed by atoms with E-state index in [0.29, 0.717) is 17.1 Å². The van der Waals surface area contributed by atoms with Crippen molar-refractivity contribution >= 4 is 49.0 Å². The Hall–Kier alpha value is -2.06. The molecule has 0 aliphatic heterocycles. The maximum Gasteiger partial charge on any atom is 0.323 e. The number of anilines is 3. The van der Waals surface area contributed by atoms with Gasteiger partial charge in [0.25, 0.3) is 0 Å². The summed E-state index contributed by atoms with van der Waals surface area (Å²) in [6.45, 7) is 1.89.